The van der Waals surface area contributed by atoms with Gasteiger partial charge in [-0.1, -0.05) is 6.08 Å². The summed E-state index contributed by atoms with van der Waals surface area (Å²) in [5, 5.41) is 9.16. The Balaban J connectivity index is 1.97. The number of carboxylic acids is 1. The van der Waals surface area contributed by atoms with Gasteiger partial charge in [0.25, 0.3) is 0 Å². The van der Waals surface area contributed by atoms with Gasteiger partial charge in [0.05, 0.1) is 12.5 Å². The molecule has 0 radical (unpaired) electrons. The summed E-state index contributed by atoms with van der Waals surface area (Å²) < 4.78 is 0. The summed E-state index contributed by atoms with van der Waals surface area (Å²) in [5.41, 5.74) is 1.15. The number of allylic oxidation sites excluding steroid dienone is 2. The number of carbonyl (C=O) groups excluding carboxylic acids is 1. The Hall–Kier alpha value is -1.36. The first-order chi connectivity index (χ1) is 10.0. The fraction of sp³-hybridized carbons (Fsp3) is 0.750. The predicted molar refractivity (Wildman–Crippen MR) is 80.7 cm³/mol. The molecule has 21 heavy (non-hydrogen) atoms. The Morgan fingerprint density at radius 1 is 1.43 bits per heavy atom. The van der Waals surface area contributed by atoms with Crippen LogP contribution in [0.3, 0.4) is 0 Å². The fourth-order valence-corrected chi connectivity index (χ4v) is 3.42. The standard InChI is InChI=1S/C16H26N2O3/c1-3-18(13-7-5-4-6-8-13)15(19)11-17-10-9-14(12(17)2)16(20)21/h7,12,14H,3-6,8-11H2,1-2H3,(H,20,21). The van der Waals surface area contributed by atoms with Crippen molar-refractivity contribution in [2.45, 2.75) is 52.0 Å². The van der Waals surface area contributed by atoms with Crippen molar-refractivity contribution in [1.82, 2.24) is 9.80 Å². The van der Waals surface area contributed by atoms with Crippen LogP contribution >= 0.6 is 0 Å². The van der Waals surface area contributed by atoms with Gasteiger partial charge in [0.2, 0.25) is 5.91 Å². The molecule has 0 saturated carbocycles. The van der Waals surface area contributed by atoms with Gasteiger partial charge in [-0.2, -0.15) is 0 Å². The van der Waals surface area contributed by atoms with E-state index in [9.17, 15) is 9.59 Å². The SMILES string of the molecule is CCN(C(=O)CN1CCC(C(=O)O)C1C)C1=CCCCC1. The minimum Gasteiger partial charge on any atom is -0.481 e. The second kappa shape index (κ2) is 7.07. The van der Waals surface area contributed by atoms with E-state index in [0.29, 0.717) is 26.1 Å². The highest BCUT2D eigenvalue weighted by Crippen LogP contribution is 2.25. The normalized spacial score (nSPS) is 26.5. The van der Waals surface area contributed by atoms with Gasteiger partial charge in [-0.3, -0.25) is 14.5 Å². The van der Waals surface area contributed by atoms with E-state index in [4.69, 9.17) is 5.11 Å². The maximum absolute atomic E-state index is 12.5. The second-order valence-electron chi connectivity index (χ2n) is 6.02. The second-order valence-corrected chi connectivity index (χ2v) is 6.02. The smallest absolute Gasteiger partial charge is 0.308 e. The Kier molecular flexibility index (Phi) is 5.39. The number of likely N-dealkylation sites (tertiary alicyclic amines) is 1. The fourth-order valence-electron chi connectivity index (χ4n) is 3.42. The molecule has 2 atom stereocenters. The van der Waals surface area contributed by atoms with Crippen molar-refractivity contribution in [3.8, 4) is 0 Å². The molecular formula is C16H26N2O3. The van der Waals surface area contributed by atoms with Gasteiger partial charge in [0, 0.05) is 18.3 Å². The summed E-state index contributed by atoms with van der Waals surface area (Å²) in [6.07, 6.45) is 7.21. The zero-order valence-corrected chi connectivity index (χ0v) is 13.0. The highest BCUT2D eigenvalue weighted by atomic mass is 16.4. The molecule has 0 bridgehead atoms. The van der Waals surface area contributed by atoms with Gasteiger partial charge in [-0.15, -0.1) is 0 Å². The minimum atomic E-state index is -0.750. The van der Waals surface area contributed by atoms with Crippen molar-refractivity contribution in [3.05, 3.63) is 11.8 Å². The first-order valence-electron chi connectivity index (χ1n) is 8.00. The molecule has 1 N–H and O–H groups in total. The lowest BCUT2D eigenvalue weighted by Crippen LogP contribution is -2.42. The van der Waals surface area contributed by atoms with Crippen molar-refractivity contribution in [3.63, 3.8) is 0 Å². The quantitative estimate of drug-likeness (QED) is 0.843. The number of hydrogen-bond donors (Lipinski definition) is 1. The predicted octanol–water partition coefficient (Wildman–Crippen LogP) is 2.09. The molecule has 0 aromatic heterocycles. The van der Waals surface area contributed by atoms with Crippen molar-refractivity contribution < 1.29 is 14.7 Å². The molecule has 1 fully saturated rings. The third kappa shape index (κ3) is 3.64. The lowest BCUT2D eigenvalue weighted by atomic mass is 10.0. The van der Waals surface area contributed by atoms with Gasteiger partial charge in [-0.25, -0.2) is 0 Å². The highest BCUT2D eigenvalue weighted by molar-refractivity contribution is 5.80. The van der Waals surface area contributed by atoms with Gasteiger partial charge in [0.1, 0.15) is 0 Å². The highest BCUT2D eigenvalue weighted by Gasteiger charge is 2.36. The van der Waals surface area contributed by atoms with Crippen molar-refractivity contribution in [2.75, 3.05) is 19.6 Å². The summed E-state index contributed by atoms with van der Waals surface area (Å²) in [7, 11) is 0. The summed E-state index contributed by atoms with van der Waals surface area (Å²) in [6, 6.07) is -0.0644. The lowest BCUT2D eigenvalue weighted by molar-refractivity contribution is -0.143. The number of carbonyl (C=O) groups is 2. The number of likely N-dealkylation sites (N-methyl/N-ethyl adjacent to an activating group) is 1. The largest absolute Gasteiger partial charge is 0.481 e. The zero-order valence-electron chi connectivity index (χ0n) is 13.0. The van der Waals surface area contributed by atoms with Crippen LogP contribution in [-0.4, -0.2) is 52.5 Å². The van der Waals surface area contributed by atoms with Gasteiger partial charge < -0.3 is 10.0 Å². The topological polar surface area (TPSA) is 60.9 Å². The summed E-state index contributed by atoms with van der Waals surface area (Å²) in [6.45, 7) is 5.63. The molecule has 1 aliphatic carbocycles. The molecule has 0 aromatic rings. The van der Waals surface area contributed by atoms with Crippen LogP contribution in [0.15, 0.2) is 11.8 Å². The van der Waals surface area contributed by atoms with Crippen LogP contribution in [0.5, 0.6) is 0 Å². The van der Waals surface area contributed by atoms with E-state index >= 15 is 0 Å². The minimum absolute atomic E-state index is 0.0644. The van der Waals surface area contributed by atoms with Crippen LogP contribution in [-0.2, 0) is 9.59 Å². The average Bonchev–Trinajstić information content (AvgIpc) is 2.82. The van der Waals surface area contributed by atoms with E-state index in [1.807, 2.05) is 23.6 Å². The van der Waals surface area contributed by atoms with Crippen LogP contribution in [0, 0.1) is 5.92 Å². The van der Waals surface area contributed by atoms with Crippen LogP contribution in [0.1, 0.15) is 46.0 Å². The molecule has 5 nitrogen and oxygen atoms in total. The third-order valence-electron chi connectivity index (χ3n) is 4.77. The Labute approximate surface area is 126 Å². The zero-order chi connectivity index (χ0) is 15.4. The number of amides is 1. The molecule has 1 amide bonds. The van der Waals surface area contributed by atoms with Crippen molar-refractivity contribution in [1.29, 1.82) is 0 Å². The monoisotopic (exact) mass is 294 g/mol. The molecule has 2 unspecified atom stereocenters. The number of nitrogens with zero attached hydrogens (tertiary/aromatic N) is 2. The molecular weight excluding hydrogens is 268 g/mol. The maximum atomic E-state index is 12.5. The maximum Gasteiger partial charge on any atom is 0.308 e. The van der Waals surface area contributed by atoms with E-state index < -0.39 is 5.97 Å². The Bertz CT molecular complexity index is 433. The van der Waals surface area contributed by atoms with Crippen molar-refractivity contribution >= 4 is 11.9 Å². The molecule has 1 aliphatic heterocycles. The molecule has 0 aromatic carbocycles. The number of hydrogen-bond acceptors (Lipinski definition) is 3. The molecule has 1 saturated heterocycles. The van der Waals surface area contributed by atoms with E-state index in [1.54, 1.807) is 0 Å². The van der Waals surface area contributed by atoms with E-state index in [0.717, 1.165) is 25.0 Å². The molecule has 118 valence electrons. The average molecular weight is 294 g/mol. The molecule has 2 aliphatic rings. The van der Waals surface area contributed by atoms with Crippen LogP contribution in [0.2, 0.25) is 0 Å². The number of rotatable bonds is 5. The van der Waals surface area contributed by atoms with Crippen LogP contribution < -0.4 is 0 Å². The van der Waals surface area contributed by atoms with Gasteiger partial charge in [-0.05, 0) is 52.5 Å². The molecule has 1 heterocycles. The van der Waals surface area contributed by atoms with Crippen molar-refractivity contribution in [2.24, 2.45) is 5.92 Å². The summed E-state index contributed by atoms with van der Waals surface area (Å²) >= 11 is 0. The van der Waals surface area contributed by atoms with E-state index in [1.165, 1.54) is 6.42 Å². The summed E-state index contributed by atoms with van der Waals surface area (Å²) in [4.78, 5) is 27.6. The van der Waals surface area contributed by atoms with Gasteiger partial charge in [0.15, 0.2) is 0 Å². The molecule has 5 heteroatoms. The number of carboxylic acid groups (broad SMARTS) is 1. The van der Waals surface area contributed by atoms with E-state index in [-0.39, 0.29) is 17.9 Å². The lowest BCUT2D eigenvalue weighted by Gasteiger charge is -2.30. The van der Waals surface area contributed by atoms with Gasteiger partial charge >= 0.3 is 5.97 Å². The molecule has 0 spiro atoms. The Morgan fingerprint density at radius 2 is 2.19 bits per heavy atom. The van der Waals surface area contributed by atoms with E-state index in [2.05, 4.69) is 6.08 Å². The third-order valence-corrected chi connectivity index (χ3v) is 4.77. The first kappa shape index (κ1) is 16.0. The van der Waals surface area contributed by atoms with Crippen LogP contribution in [0.25, 0.3) is 0 Å². The molecule has 2 rings (SSSR count). The first-order valence-corrected chi connectivity index (χ1v) is 8.00. The Morgan fingerprint density at radius 3 is 2.71 bits per heavy atom. The van der Waals surface area contributed by atoms with Crippen LogP contribution in [0.4, 0.5) is 0 Å². The summed E-state index contributed by atoms with van der Waals surface area (Å²) in [5.74, 6) is -0.995. The number of aliphatic carboxylic acids is 1.